The summed E-state index contributed by atoms with van der Waals surface area (Å²) in [6.45, 7) is 6.76. The van der Waals surface area contributed by atoms with Gasteiger partial charge >= 0.3 is 0 Å². The standard InChI is InChI=1S/C13H22N2O/c1-12-4-2-3-7-15(12)8-6-14-10-13-5-9-16-11-13/h5,9,11-12,14H,2-4,6-8,10H2,1H3. The Balaban J connectivity index is 1.60. The molecular weight excluding hydrogens is 200 g/mol. The Bertz CT molecular complexity index is 284. The molecule has 1 N–H and O–H groups in total. The van der Waals surface area contributed by atoms with Crippen molar-refractivity contribution in [2.45, 2.75) is 38.8 Å². The van der Waals surface area contributed by atoms with Crippen molar-refractivity contribution in [2.75, 3.05) is 19.6 Å². The predicted molar refractivity (Wildman–Crippen MR) is 65.3 cm³/mol. The van der Waals surface area contributed by atoms with E-state index < -0.39 is 0 Å². The minimum Gasteiger partial charge on any atom is -0.472 e. The van der Waals surface area contributed by atoms with Crippen LogP contribution in [-0.2, 0) is 6.54 Å². The van der Waals surface area contributed by atoms with Crippen LogP contribution in [0.1, 0.15) is 31.7 Å². The summed E-state index contributed by atoms with van der Waals surface area (Å²) in [7, 11) is 0. The fourth-order valence-corrected chi connectivity index (χ4v) is 2.34. The topological polar surface area (TPSA) is 28.4 Å². The van der Waals surface area contributed by atoms with Crippen molar-refractivity contribution >= 4 is 0 Å². The monoisotopic (exact) mass is 222 g/mol. The lowest BCUT2D eigenvalue weighted by Gasteiger charge is -2.33. The predicted octanol–water partition coefficient (Wildman–Crippen LogP) is 2.24. The molecule has 1 unspecified atom stereocenters. The third kappa shape index (κ3) is 3.35. The molecule has 3 heteroatoms. The van der Waals surface area contributed by atoms with E-state index in [1.165, 1.54) is 37.9 Å². The van der Waals surface area contributed by atoms with Crippen molar-refractivity contribution in [3.63, 3.8) is 0 Å². The molecule has 16 heavy (non-hydrogen) atoms. The zero-order valence-corrected chi connectivity index (χ0v) is 10.1. The molecule has 0 bridgehead atoms. The van der Waals surface area contributed by atoms with Gasteiger partial charge in [0.15, 0.2) is 0 Å². The molecule has 2 rings (SSSR count). The summed E-state index contributed by atoms with van der Waals surface area (Å²) in [4.78, 5) is 2.59. The van der Waals surface area contributed by atoms with Gasteiger partial charge in [0.05, 0.1) is 12.5 Å². The number of nitrogens with zero attached hydrogens (tertiary/aromatic N) is 1. The van der Waals surface area contributed by atoms with Crippen molar-refractivity contribution < 1.29 is 4.42 Å². The van der Waals surface area contributed by atoms with E-state index in [4.69, 9.17) is 4.42 Å². The van der Waals surface area contributed by atoms with E-state index >= 15 is 0 Å². The highest BCUT2D eigenvalue weighted by Crippen LogP contribution is 2.15. The largest absolute Gasteiger partial charge is 0.472 e. The van der Waals surface area contributed by atoms with Gasteiger partial charge in [-0.25, -0.2) is 0 Å². The van der Waals surface area contributed by atoms with Crippen LogP contribution in [0.5, 0.6) is 0 Å². The number of hydrogen-bond donors (Lipinski definition) is 1. The number of furan rings is 1. The normalized spacial score (nSPS) is 22.4. The maximum absolute atomic E-state index is 5.03. The Morgan fingerprint density at radius 2 is 2.44 bits per heavy atom. The van der Waals surface area contributed by atoms with Crippen molar-refractivity contribution in [3.05, 3.63) is 24.2 Å². The second kappa shape index (κ2) is 6.06. The molecule has 1 aliphatic heterocycles. The molecule has 1 aromatic rings. The van der Waals surface area contributed by atoms with E-state index in [0.29, 0.717) is 0 Å². The average molecular weight is 222 g/mol. The van der Waals surface area contributed by atoms with E-state index in [-0.39, 0.29) is 0 Å². The number of nitrogens with one attached hydrogen (secondary N) is 1. The van der Waals surface area contributed by atoms with Crippen molar-refractivity contribution in [1.29, 1.82) is 0 Å². The van der Waals surface area contributed by atoms with E-state index in [9.17, 15) is 0 Å². The second-order valence-corrected chi connectivity index (χ2v) is 4.69. The number of hydrogen-bond acceptors (Lipinski definition) is 3. The minimum atomic E-state index is 0.768. The molecule has 2 heterocycles. The van der Waals surface area contributed by atoms with Crippen LogP contribution in [0, 0.1) is 0 Å². The fraction of sp³-hybridized carbons (Fsp3) is 0.692. The molecule has 0 spiro atoms. The smallest absolute Gasteiger partial charge is 0.0947 e. The minimum absolute atomic E-state index is 0.768. The van der Waals surface area contributed by atoms with Gasteiger partial charge in [-0.3, -0.25) is 4.90 Å². The van der Waals surface area contributed by atoms with E-state index in [2.05, 4.69) is 17.1 Å². The van der Waals surface area contributed by atoms with Gasteiger partial charge in [0.25, 0.3) is 0 Å². The molecule has 1 atom stereocenters. The van der Waals surface area contributed by atoms with E-state index in [1.807, 2.05) is 6.07 Å². The van der Waals surface area contributed by atoms with Gasteiger partial charge in [-0.1, -0.05) is 6.42 Å². The first kappa shape index (κ1) is 11.7. The van der Waals surface area contributed by atoms with Crippen molar-refractivity contribution in [2.24, 2.45) is 0 Å². The van der Waals surface area contributed by atoms with Crippen LogP contribution in [0.3, 0.4) is 0 Å². The summed E-state index contributed by atoms with van der Waals surface area (Å²) in [6.07, 6.45) is 7.66. The summed E-state index contributed by atoms with van der Waals surface area (Å²) in [5.41, 5.74) is 1.23. The maximum atomic E-state index is 5.03. The number of piperidine rings is 1. The summed E-state index contributed by atoms with van der Waals surface area (Å²) in [5.74, 6) is 0. The first-order valence-corrected chi connectivity index (χ1v) is 6.32. The van der Waals surface area contributed by atoms with E-state index in [1.54, 1.807) is 12.5 Å². The van der Waals surface area contributed by atoms with Crippen LogP contribution in [-0.4, -0.2) is 30.6 Å². The molecule has 1 fully saturated rings. The third-order valence-corrected chi connectivity index (χ3v) is 3.43. The van der Waals surface area contributed by atoms with Crippen LogP contribution in [0.25, 0.3) is 0 Å². The third-order valence-electron chi connectivity index (χ3n) is 3.43. The maximum Gasteiger partial charge on any atom is 0.0947 e. The Kier molecular flexibility index (Phi) is 4.43. The lowest BCUT2D eigenvalue weighted by atomic mass is 10.0. The van der Waals surface area contributed by atoms with Gasteiger partial charge in [0.2, 0.25) is 0 Å². The van der Waals surface area contributed by atoms with Gasteiger partial charge in [-0.05, 0) is 32.4 Å². The number of likely N-dealkylation sites (tertiary alicyclic amines) is 1. The average Bonchev–Trinajstić information content (AvgIpc) is 2.79. The highest BCUT2D eigenvalue weighted by molar-refractivity contribution is 5.04. The lowest BCUT2D eigenvalue weighted by molar-refractivity contribution is 0.161. The summed E-state index contributed by atoms with van der Waals surface area (Å²) >= 11 is 0. The van der Waals surface area contributed by atoms with Crippen molar-refractivity contribution in [1.82, 2.24) is 10.2 Å². The molecule has 1 aromatic heterocycles. The zero-order valence-electron chi connectivity index (χ0n) is 10.1. The second-order valence-electron chi connectivity index (χ2n) is 4.69. The van der Waals surface area contributed by atoms with Gasteiger partial charge < -0.3 is 9.73 Å². The zero-order chi connectivity index (χ0) is 11.2. The molecular formula is C13H22N2O. The molecule has 1 aliphatic rings. The quantitative estimate of drug-likeness (QED) is 0.775. The molecule has 0 radical (unpaired) electrons. The van der Waals surface area contributed by atoms with Crippen LogP contribution < -0.4 is 5.32 Å². The Labute approximate surface area is 97.8 Å². The van der Waals surface area contributed by atoms with Crippen molar-refractivity contribution in [3.8, 4) is 0 Å². The summed E-state index contributed by atoms with van der Waals surface area (Å²) in [5, 5.41) is 3.45. The molecule has 3 nitrogen and oxygen atoms in total. The molecule has 0 saturated carbocycles. The molecule has 0 aromatic carbocycles. The molecule has 0 aliphatic carbocycles. The molecule has 0 amide bonds. The van der Waals surface area contributed by atoms with Gasteiger partial charge in [0.1, 0.15) is 0 Å². The Morgan fingerprint density at radius 1 is 1.50 bits per heavy atom. The molecule has 90 valence electrons. The van der Waals surface area contributed by atoms with Crippen LogP contribution in [0.4, 0.5) is 0 Å². The Morgan fingerprint density at radius 3 is 3.19 bits per heavy atom. The SMILES string of the molecule is CC1CCCCN1CCNCc1ccoc1. The van der Waals surface area contributed by atoms with Crippen LogP contribution >= 0.6 is 0 Å². The molecule has 1 saturated heterocycles. The number of rotatable bonds is 5. The highest BCUT2D eigenvalue weighted by atomic mass is 16.3. The lowest BCUT2D eigenvalue weighted by Crippen LogP contribution is -2.41. The van der Waals surface area contributed by atoms with Gasteiger partial charge in [0, 0.05) is 31.2 Å². The summed E-state index contributed by atoms with van der Waals surface area (Å²) in [6, 6.07) is 2.78. The first-order valence-electron chi connectivity index (χ1n) is 6.32. The fourth-order valence-electron chi connectivity index (χ4n) is 2.34. The Hall–Kier alpha value is -0.800. The van der Waals surface area contributed by atoms with Gasteiger partial charge in [-0.15, -0.1) is 0 Å². The van der Waals surface area contributed by atoms with Crippen LogP contribution in [0.15, 0.2) is 23.0 Å². The summed E-state index contributed by atoms with van der Waals surface area (Å²) < 4.78 is 5.03. The van der Waals surface area contributed by atoms with E-state index in [0.717, 1.165) is 19.1 Å². The van der Waals surface area contributed by atoms with Gasteiger partial charge in [-0.2, -0.15) is 0 Å². The highest BCUT2D eigenvalue weighted by Gasteiger charge is 2.16. The van der Waals surface area contributed by atoms with Crippen LogP contribution in [0.2, 0.25) is 0 Å². The first-order chi connectivity index (χ1) is 7.86.